The average Bonchev–Trinajstić information content (AvgIpc) is 3.47. The maximum absolute atomic E-state index is 12.7. The summed E-state index contributed by atoms with van der Waals surface area (Å²) in [5.74, 6) is -1.20. The molecule has 0 atom stereocenters. The van der Waals surface area contributed by atoms with Gasteiger partial charge in [-0.3, -0.25) is 19.8 Å². The van der Waals surface area contributed by atoms with Gasteiger partial charge in [0, 0.05) is 25.7 Å². The first-order valence-corrected chi connectivity index (χ1v) is 11.2. The first kappa shape index (κ1) is 21.7. The second kappa shape index (κ2) is 9.31. The number of hydrogen-bond acceptors (Lipinski definition) is 8. The minimum absolute atomic E-state index is 0.0375. The van der Waals surface area contributed by atoms with Crippen molar-refractivity contribution in [3.8, 4) is 0 Å². The van der Waals surface area contributed by atoms with E-state index >= 15 is 0 Å². The van der Waals surface area contributed by atoms with E-state index in [0.717, 1.165) is 36.1 Å². The Morgan fingerprint density at radius 2 is 1.97 bits per heavy atom. The molecule has 0 saturated carbocycles. The molecule has 0 aliphatic carbocycles. The summed E-state index contributed by atoms with van der Waals surface area (Å²) in [5, 5.41) is 12.1. The lowest BCUT2D eigenvalue weighted by Crippen LogP contribution is -2.34. The predicted molar refractivity (Wildman–Crippen MR) is 122 cm³/mol. The van der Waals surface area contributed by atoms with Crippen LogP contribution in [-0.2, 0) is 9.53 Å². The fraction of sp³-hybridized carbons (Fsp3) is 0.318. The van der Waals surface area contributed by atoms with Crippen LogP contribution in [0.15, 0.2) is 42.5 Å². The van der Waals surface area contributed by atoms with Crippen molar-refractivity contribution in [3.05, 3.63) is 58.1 Å². The highest BCUT2D eigenvalue weighted by molar-refractivity contribution is 7.22. The van der Waals surface area contributed by atoms with Crippen molar-refractivity contribution < 1.29 is 19.2 Å². The van der Waals surface area contributed by atoms with E-state index in [9.17, 15) is 19.7 Å². The lowest BCUT2D eigenvalue weighted by atomic mass is 10.1. The molecule has 1 aliphatic heterocycles. The summed E-state index contributed by atoms with van der Waals surface area (Å²) in [5.41, 5.74) is 1.18. The van der Waals surface area contributed by atoms with E-state index in [1.807, 2.05) is 36.1 Å². The molecule has 1 saturated heterocycles. The predicted octanol–water partition coefficient (Wildman–Crippen LogP) is 4.01. The molecule has 0 spiro atoms. The minimum Gasteiger partial charge on any atom is -0.452 e. The number of esters is 1. The largest absolute Gasteiger partial charge is 0.452 e. The number of hydrogen-bond donors (Lipinski definition) is 0. The monoisotopic (exact) mass is 454 g/mol. The number of nitro benzene ring substituents is 1. The minimum atomic E-state index is -0.783. The van der Waals surface area contributed by atoms with E-state index in [2.05, 4.69) is 4.98 Å². The van der Waals surface area contributed by atoms with Gasteiger partial charge in [0.25, 0.3) is 11.6 Å². The van der Waals surface area contributed by atoms with Crippen molar-refractivity contribution in [1.29, 1.82) is 0 Å². The summed E-state index contributed by atoms with van der Waals surface area (Å²) in [7, 11) is 0. The van der Waals surface area contributed by atoms with Gasteiger partial charge in [-0.25, -0.2) is 9.78 Å². The van der Waals surface area contributed by atoms with E-state index in [-0.39, 0.29) is 11.3 Å². The number of amides is 1. The molecule has 0 bridgehead atoms. The van der Waals surface area contributed by atoms with Crippen molar-refractivity contribution in [2.45, 2.75) is 19.8 Å². The Labute approximate surface area is 188 Å². The SMILES string of the molecule is CCN(C(=O)COC(=O)c1ccc(N2CCCC2)c([N+](=O)[O-])c1)c1nc2ccccc2s1. The maximum Gasteiger partial charge on any atom is 0.338 e. The quantitative estimate of drug-likeness (QED) is 0.302. The second-order valence-corrected chi connectivity index (χ2v) is 8.34. The number of likely N-dealkylation sites (N-methyl/N-ethyl adjacent to an activating group) is 1. The number of ether oxygens (including phenoxy) is 1. The number of thiazole rings is 1. The molecule has 3 aromatic rings. The zero-order chi connectivity index (χ0) is 22.7. The molecule has 0 radical (unpaired) electrons. The van der Waals surface area contributed by atoms with Crippen LogP contribution in [0, 0.1) is 10.1 Å². The molecule has 4 rings (SSSR count). The Bertz CT molecular complexity index is 1140. The van der Waals surface area contributed by atoms with Gasteiger partial charge in [0.05, 0.1) is 20.7 Å². The van der Waals surface area contributed by atoms with Crippen LogP contribution in [0.4, 0.5) is 16.5 Å². The van der Waals surface area contributed by atoms with Gasteiger partial charge in [-0.1, -0.05) is 23.5 Å². The van der Waals surface area contributed by atoms with Crippen molar-refractivity contribution in [1.82, 2.24) is 4.98 Å². The third-order valence-electron chi connectivity index (χ3n) is 5.31. The average molecular weight is 455 g/mol. The molecule has 32 heavy (non-hydrogen) atoms. The Hall–Kier alpha value is -3.53. The molecule has 0 N–H and O–H groups in total. The van der Waals surface area contributed by atoms with Crippen LogP contribution in [0.3, 0.4) is 0 Å². The van der Waals surface area contributed by atoms with Gasteiger partial charge in [0.15, 0.2) is 11.7 Å². The number of para-hydroxylation sites is 1. The highest BCUT2D eigenvalue weighted by atomic mass is 32.1. The van der Waals surface area contributed by atoms with Gasteiger partial charge in [-0.15, -0.1) is 0 Å². The number of nitro groups is 1. The standard InChI is InChI=1S/C22H22N4O5S/c1-2-25(22-23-16-7-3-4-8-19(16)32-22)20(27)14-31-21(28)15-9-10-17(18(13-15)26(29)30)24-11-5-6-12-24/h3-4,7-10,13H,2,5-6,11-12,14H2,1H3. The highest BCUT2D eigenvalue weighted by Crippen LogP contribution is 2.32. The normalized spacial score (nSPS) is 13.3. The molecule has 0 unspecified atom stereocenters. The molecule has 1 fully saturated rings. The number of carbonyl (C=O) groups is 2. The second-order valence-electron chi connectivity index (χ2n) is 7.33. The number of rotatable bonds is 7. The van der Waals surface area contributed by atoms with Crippen molar-refractivity contribution in [2.75, 3.05) is 36.0 Å². The van der Waals surface area contributed by atoms with Crippen LogP contribution in [0.25, 0.3) is 10.2 Å². The third kappa shape index (κ3) is 4.40. The number of carbonyl (C=O) groups excluding carboxylic acids is 2. The van der Waals surface area contributed by atoms with Crippen LogP contribution < -0.4 is 9.80 Å². The van der Waals surface area contributed by atoms with Gasteiger partial charge in [-0.2, -0.15) is 0 Å². The molecular formula is C22H22N4O5S. The van der Waals surface area contributed by atoms with Crippen molar-refractivity contribution in [2.24, 2.45) is 0 Å². The Kier molecular flexibility index (Phi) is 6.31. The van der Waals surface area contributed by atoms with Crippen LogP contribution >= 0.6 is 11.3 Å². The molecule has 9 nitrogen and oxygen atoms in total. The highest BCUT2D eigenvalue weighted by Gasteiger charge is 2.25. The first-order valence-electron chi connectivity index (χ1n) is 10.3. The molecule has 1 aromatic heterocycles. The number of nitrogens with zero attached hydrogens (tertiary/aromatic N) is 4. The third-order valence-corrected chi connectivity index (χ3v) is 6.37. The fourth-order valence-electron chi connectivity index (χ4n) is 3.70. The van der Waals surface area contributed by atoms with E-state index in [0.29, 0.717) is 17.4 Å². The summed E-state index contributed by atoms with van der Waals surface area (Å²) < 4.78 is 6.13. The van der Waals surface area contributed by atoms with Gasteiger partial charge in [0.2, 0.25) is 0 Å². The van der Waals surface area contributed by atoms with E-state index in [1.165, 1.54) is 28.4 Å². The van der Waals surface area contributed by atoms with Crippen LogP contribution in [-0.4, -0.2) is 48.0 Å². The van der Waals surface area contributed by atoms with Gasteiger partial charge >= 0.3 is 5.97 Å². The molecular weight excluding hydrogens is 432 g/mol. The number of aromatic nitrogens is 1. The Morgan fingerprint density at radius 1 is 1.22 bits per heavy atom. The summed E-state index contributed by atoms with van der Waals surface area (Å²) in [4.78, 5) is 44.1. The maximum atomic E-state index is 12.7. The molecule has 1 aliphatic rings. The number of fused-ring (bicyclic) bond motifs is 1. The fourth-order valence-corrected chi connectivity index (χ4v) is 4.75. The summed E-state index contributed by atoms with van der Waals surface area (Å²) >= 11 is 1.38. The van der Waals surface area contributed by atoms with Gasteiger partial charge < -0.3 is 9.64 Å². The topological polar surface area (TPSA) is 106 Å². The van der Waals surface area contributed by atoms with E-state index < -0.39 is 23.4 Å². The smallest absolute Gasteiger partial charge is 0.338 e. The molecule has 2 aromatic carbocycles. The lowest BCUT2D eigenvalue weighted by Gasteiger charge is -2.18. The molecule has 166 valence electrons. The number of benzene rings is 2. The molecule has 2 heterocycles. The van der Waals surface area contributed by atoms with Gasteiger partial charge in [0.1, 0.15) is 5.69 Å². The summed E-state index contributed by atoms with van der Waals surface area (Å²) in [6, 6.07) is 11.9. The summed E-state index contributed by atoms with van der Waals surface area (Å²) in [6.07, 6.45) is 1.96. The Balaban J connectivity index is 1.45. The number of anilines is 2. The van der Waals surface area contributed by atoms with Crippen LogP contribution in [0.5, 0.6) is 0 Å². The zero-order valence-electron chi connectivity index (χ0n) is 17.5. The van der Waals surface area contributed by atoms with E-state index in [1.54, 1.807) is 6.07 Å². The molecule has 10 heteroatoms. The van der Waals surface area contributed by atoms with Crippen molar-refractivity contribution in [3.63, 3.8) is 0 Å². The zero-order valence-corrected chi connectivity index (χ0v) is 18.3. The molecule has 1 amide bonds. The van der Waals surface area contributed by atoms with Gasteiger partial charge in [-0.05, 0) is 44.0 Å². The summed E-state index contributed by atoms with van der Waals surface area (Å²) in [6.45, 7) is 3.19. The lowest BCUT2D eigenvalue weighted by molar-refractivity contribution is -0.384. The Morgan fingerprint density at radius 3 is 2.66 bits per heavy atom. The first-order chi connectivity index (χ1) is 15.5. The van der Waals surface area contributed by atoms with E-state index in [4.69, 9.17) is 4.74 Å². The van der Waals surface area contributed by atoms with Crippen molar-refractivity contribution >= 4 is 49.9 Å². The van der Waals surface area contributed by atoms with Crippen LogP contribution in [0.1, 0.15) is 30.1 Å². The van der Waals surface area contributed by atoms with Crippen LogP contribution in [0.2, 0.25) is 0 Å².